The molecule has 7 heteroatoms. The fourth-order valence-electron chi connectivity index (χ4n) is 2.80. The lowest BCUT2D eigenvalue weighted by Gasteiger charge is -2.19. The van der Waals surface area contributed by atoms with Gasteiger partial charge in [0.15, 0.2) is 0 Å². The molecule has 2 bridgehead atoms. The van der Waals surface area contributed by atoms with E-state index in [4.69, 9.17) is 33.2 Å². The van der Waals surface area contributed by atoms with E-state index in [2.05, 4.69) is 0 Å². The number of benzene rings is 1. The maximum absolute atomic E-state index is 5.83. The Hall–Kier alpha value is -1.38. The Morgan fingerprint density at radius 2 is 1.26 bits per heavy atom. The molecule has 0 N–H and O–H groups in total. The van der Waals surface area contributed by atoms with Crippen molar-refractivity contribution in [2.75, 3.05) is 53.9 Å². The summed E-state index contributed by atoms with van der Waals surface area (Å²) in [7, 11) is 3.29. The lowest BCUT2D eigenvalue weighted by Crippen LogP contribution is -2.21. The molecule has 154 valence electrons. The summed E-state index contributed by atoms with van der Waals surface area (Å²) in [6.45, 7) is 7.83. The third kappa shape index (κ3) is 7.63. The summed E-state index contributed by atoms with van der Waals surface area (Å²) in [5.41, 5.74) is 1.83. The zero-order valence-corrected chi connectivity index (χ0v) is 16.8. The third-order valence-electron chi connectivity index (χ3n) is 4.14. The Labute approximate surface area is 161 Å². The van der Waals surface area contributed by atoms with Crippen LogP contribution >= 0.6 is 0 Å². The van der Waals surface area contributed by atoms with Gasteiger partial charge in [0.05, 0.1) is 79.3 Å². The highest BCUT2D eigenvalue weighted by Gasteiger charge is 2.14. The quantitative estimate of drug-likeness (QED) is 0.776. The van der Waals surface area contributed by atoms with Crippen LogP contribution in [-0.2, 0) is 36.9 Å². The molecule has 1 aliphatic rings. The zero-order valence-electron chi connectivity index (χ0n) is 16.8. The van der Waals surface area contributed by atoms with Crippen molar-refractivity contribution in [3.8, 4) is 11.5 Å². The second-order valence-corrected chi connectivity index (χ2v) is 6.48. The molecule has 1 aromatic rings. The number of ether oxygens (including phenoxy) is 7. The van der Waals surface area contributed by atoms with Crippen LogP contribution in [0.3, 0.4) is 0 Å². The molecule has 7 nitrogen and oxygen atoms in total. The monoisotopic (exact) mass is 384 g/mol. The smallest absolute Gasteiger partial charge is 0.130 e. The summed E-state index contributed by atoms with van der Waals surface area (Å²) < 4.78 is 39.6. The van der Waals surface area contributed by atoms with Crippen LogP contribution in [0.1, 0.15) is 25.0 Å². The van der Waals surface area contributed by atoms with Crippen LogP contribution in [0.2, 0.25) is 0 Å². The lowest BCUT2D eigenvalue weighted by molar-refractivity contribution is -0.0552. The van der Waals surface area contributed by atoms with E-state index in [0.29, 0.717) is 52.9 Å². The van der Waals surface area contributed by atoms with Gasteiger partial charge in [0.25, 0.3) is 0 Å². The first-order valence-corrected chi connectivity index (χ1v) is 9.34. The first-order chi connectivity index (χ1) is 13.1. The molecule has 2 atom stereocenters. The molecule has 0 radical (unpaired) electrons. The van der Waals surface area contributed by atoms with Crippen molar-refractivity contribution < 1.29 is 33.2 Å². The lowest BCUT2D eigenvalue weighted by atomic mass is 10.1. The van der Waals surface area contributed by atoms with Gasteiger partial charge in [-0.25, -0.2) is 0 Å². The first-order valence-electron chi connectivity index (χ1n) is 9.34. The molecule has 1 heterocycles. The number of hydrogen-bond acceptors (Lipinski definition) is 7. The van der Waals surface area contributed by atoms with E-state index in [0.717, 1.165) is 22.6 Å². The fourth-order valence-corrected chi connectivity index (χ4v) is 2.80. The zero-order chi connectivity index (χ0) is 19.5. The summed E-state index contributed by atoms with van der Waals surface area (Å²) in [5, 5.41) is 0. The van der Waals surface area contributed by atoms with Crippen molar-refractivity contribution in [2.24, 2.45) is 0 Å². The van der Waals surface area contributed by atoms with Crippen molar-refractivity contribution in [1.29, 1.82) is 0 Å². The van der Waals surface area contributed by atoms with E-state index in [-0.39, 0.29) is 12.2 Å². The van der Waals surface area contributed by atoms with Crippen LogP contribution in [-0.4, -0.2) is 66.1 Å². The number of methoxy groups -OCH3 is 2. The highest BCUT2D eigenvalue weighted by Crippen LogP contribution is 2.31. The highest BCUT2D eigenvalue weighted by atomic mass is 16.6. The average Bonchev–Trinajstić information content (AvgIpc) is 2.66. The van der Waals surface area contributed by atoms with Gasteiger partial charge in [0.1, 0.15) is 11.5 Å². The number of hydrogen-bond donors (Lipinski definition) is 0. The molecule has 0 amide bonds. The maximum atomic E-state index is 5.83. The predicted molar refractivity (Wildman–Crippen MR) is 101 cm³/mol. The summed E-state index contributed by atoms with van der Waals surface area (Å²) in [4.78, 5) is 0. The van der Waals surface area contributed by atoms with Crippen LogP contribution in [0.15, 0.2) is 12.1 Å². The SMILES string of the molecule is COc1cc2c(OC)c(c1)COC[C@H](C)OCCOCCO[C@@H](C)COC2. The number of fused-ring (bicyclic) bond motifs is 2. The summed E-state index contributed by atoms with van der Waals surface area (Å²) in [5.74, 6) is 1.50. The number of rotatable bonds is 2. The van der Waals surface area contributed by atoms with Crippen LogP contribution < -0.4 is 9.47 Å². The van der Waals surface area contributed by atoms with Gasteiger partial charge in [0, 0.05) is 11.1 Å². The molecule has 27 heavy (non-hydrogen) atoms. The predicted octanol–water partition coefficient (Wildman–Crippen LogP) is 2.58. The van der Waals surface area contributed by atoms with Gasteiger partial charge in [0.2, 0.25) is 0 Å². The van der Waals surface area contributed by atoms with Crippen LogP contribution in [0, 0.1) is 0 Å². The highest BCUT2D eigenvalue weighted by molar-refractivity contribution is 5.47. The minimum atomic E-state index is -0.0248. The molecule has 0 aromatic heterocycles. The van der Waals surface area contributed by atoms with E-state index in [1.807, 2.05) is 26.0 Å². The van der Waals surface area contributed by atoms with Crippen LogP contribution in [0.5, 0.6) is 11.5 Å². The Balaban J connectivity index is 2.11. The van der Waals surface area contributed by atoms with Gasteiger partial charge in [-0.15, -0.1) is 0 Å². The molecular weight excluding hydrogens is 352 g/mol. The van der Waals surface area contributed by atoms with E-state index in [9.17, 15) is 0 Å². The van der Waals surface area contributed by atoms with Gasteiger partial charge >= 0.3 is 0 Å². The van der Waals surface area contributed by atoms with Gasteiger partial charge in [-0.1, -0.05) is 0 Å². The maximum Gasteiger partial charge on any atom is 0.130 e. The van der Waals surface area contributed by atoms with E-state index in [1.165, 1.54) is 0 Å². The van der Waals surface area contributed by atoms with Crippen molar-refractivity contribution in [1.82, 2.24) is 0 Å². The topological polar surface area (TPSA) is 64.6 Å². The molecule has 0 unspecified atom stereocenters. The Morgan fingerprint density at radius 1 is 0.741 bits per heavy atom. The average molecular weight is 384 g/mol. The minimum absolute atomic E-state index is 0.0248. The van der Waals surface area contributed by atoms with Gasteiger partial charge in [-0.05, 0) is 26.0 Å². The van der Waals surface area contributed by atoms with Crippen LogP contribution in [0.4, 0.5) is 0 Å². The Bertz CT molecular complexity index is 508. The largest absolute Gasteiger partial charge is 0.497 e. The van der Waals surface area contributed by atoms with Crippen molar-refractivity contribution >= 4 is 0 Å². The van der Waals surface area contributed by atoms with Crippen molar-refractivity contribution in [2.45, 2.75) is 39.3 Å². The molecule has 2 rings (SSSR count). The molecule has 0 aliphatic carbocycles. The second-order valence-electron chi connectivity index (χ2n) is 6.48. The molecule has 0 fully saturated rings. The first kappa shape index (κ1) is 21.9. The van der Waals surface area contributed by atoms with Gasteiger partial charge in [-0.2, -0.15) is 0 Å². The van der Waals surface area contributed by atoms with Gasteiger partial charge < -0.3 is 33.2 Å². The van der Waals surface area contributed by atoms with E-state index in [1.54, 1.807) is 14.2 Å². The fraction of sp³-hybridized carbons (Fsp3) is 0.700. The summed E-state index contributed by atoms with van der Waals surface area (Å²) >= 11 is 0. The van der Waals surface area contributed by atoms with Gasteiger partial charge in [-0.3, -0.25) is 0 Å². The summed E-state index contributed by atoms with van der Waals surface area (Å²) in [6.07, 6.45) is -0.0497. The molecule has 0 spiro atoms. The second kappa shape index (κ2) is 12.2. The molecule has 0 saturated carbocycles. The Morgan fingerprint density at radius 3 is 1.70 bits per heavy atom. The van der Waals surface area contributed by atoms with E-state index >= 15 is 0 Å². The molecular formula is C20H32O7. The normalized spacial score (nSPS) is 23.9. The third-order valence-corrected chi connectivity index (χ3v) is 4.14. The molecule has 1 aliphatic heterocycles. The summed E-state index contributed by atoms with van der Waals surface area (Å²) in [6, 6.07) is 3.84. The molecule has 0 saturated heterocycles. The standard InChI is InChI=1S/C20H32O7/c1-15-11-24-13-17-9-19(21-3)10-18(20(17)22-4)14-25-12-16(2)27-8-6-23-5-7-26-15/h9-10,15-16H,5-8,11-14H2,1-4H3/t15-,16-/m0/s1. The Kier molecular flexibility index (Phi) is 9.86. The van der Waals surface area contributed by atoms with Crippen molar-refractivity contribution in [3.63, 3.8) is 0 Å². The van der Waals surface area contributed by atoms with E-state index < -0.39 is 0 Å². The molecule has 1 aromatic carbocycles. The minimum Gasteiger partial charge on any atom is -0.497 e. The van der Waals surface area contributed by atoms with Crippen molar-refractivity contribution in [3.05, 3.63) is 23.3 Å². The van der Waals surface area contributed by atoms with Crippen LogP contribution in [0.25, 0.3) is 0 Å².